The zero-order chi connectivity index (χ0) is 37.1. The summed E-state index contributed by atoms with van der Waals surface area (Å²) in [6.45, 7) is 4.03. The molecule has 0 saturated carbocycles. The molecule has 288 valence electrons. The van der Waals surface area contributed by atoms with E-state index in [1.807, 2.05) is 6.08 Å². The number of hydrogen-bond donors (Lipinski definition) is 3. The highest BCUT2D eigenvalue weighted by Crippen LogP contribution is 2.12. The van der Waals surface area contributed by atoms with Crippen molar-refractivity contribution in [3.8, 4) is 0 Å². The average Bonchev–Trinajstić information content (AvgIpc) is 3.13. The largest absolute Gasteiger partial charge is 0.394 e. The van der Waals surface area contributed by atoms with Crippen LogP contribution in [0.1, 0.15) is 162 Å². The number of unbranched alkanes of at least 4 members (excludes halogenated alkanes) is 12. The Bertz CT molecular complexity index is 1030. The lowest BCUT2D eigenvalue weighted by molar-refractivity contribution is -0.123. The van der Waals surface area contributed by atoms with Gasteiger partial charge in [0.25, 0.3) is 0 Å². The van der Waals surface area contributed by atoms with Gasteiger partial charge in [0, 0.05) is 6.42 Å². The van der Waals surface area contributed by atoms with Crippen LogP contribution >= 0.6 is 0 Å². The van der Waals surface area contributed by atoms with Crippen LogP contribution in [0, 0.1) is 0 Å². The van der Waals surface area contributed by atoms with Gasteiger partial charge >= 0.3 is 0 Å². The molecule has 0 fully saturated rings. The summed E-state index contributed by atoms with van der Waals surface area (Å²) in [6, 6.07) is -0.626. The van der Waals surface area contributed by atoms with Gasteiger partial charge < -0.3 is 15.5 Å². The highest BCUT2D eigenvalue weighted by atomic mass is 16.3. The standard InChI is InChI=1S/C47H77NO3/c1-3-5-7-9-10-11-12-13-14-15-16-17-18-19-20-21-22-23-24-25-26-27-28-29-30-31-32-33-34-35-36-37-38-39-41-43-47(51)48-45(44-49)46(50)42-40-8-6-4-2/h5,7,10-11,13-14,16-17,19-20,22-23,25-26,28-29,40,42,45-46,49-50H,3-4,6,8-9,12,15,18,21,24,27,30-39,41,43-44H2,1-2H3,(H,48,51)/b7-5-,11-10-,14-13-,17-16-,20-19-,23-22-,26-25-,29-28-,42-40+. The summed E-state index contributed by atoms with van der Waals surface area (Å²) in [7, 11) is 0. The van der Waals surface area contributed by atoms with E-state index >= 15 is 0 Å². The maximum absolute atomic E-state index is 12.2. The Morgan fingerprint density at radius 1 is 0.490 bits per heavy atom. The number of rotatable bonds is 35. The topological polar surface area (TPSA) is 69.6 Å². The third-order valence-corrected chi connectivity index (χ3v) is 8.51. The minimum atomic E-state index is -0.842. The molecule has 51 heavy (non-hydrogen) atoms. The number of carbonyl (C=O) groups excluding carboxylic acids is 1. The summed E-state index contributed by atoms with van der Waals surface area (Å²) >= 11 is 0. The molecule has 2 unspecified atom stereocenters. The molecule has 0 radical (unpaired) electrons. The lowest BCUT2D eigenvalue weighted by Crippen LogP contribution is -2.45. The van der Waals surface area contributed by atoms with Crippen molar-refractivity contribution in [1.82, 2.24) is 5.32 Å². The van der Waals surface area contributed by atoms with Gasteiger partial charge in [0.15, 0.2) is 0 Å². The lowest BCUT2D eigenvalue weighted by atomic mass is 10.0. The Morgan fingerprint density at radius 2 is 0.863 bits per heavy atom. The van der Waals surface area contributed by atoms with Gasteiger partial charge in [-0.15, -0.1) is 0 Å². The number of aliphatic hydroxyl groups is 2. The average molecular weight is 704 g/mol. The van der Waals surface area contributed by atoms with Crippen molar-refractivity contribution < 1.29 is 15.0 Å². The van der Waals surface area contributed by atoms with E-state index in [0.29, 0.717) is 6.42 Å². The van der Waals surface area contributed by atoms with Gasteiger partial charge in [0.1, 0.15) is 0 Å². The van der Waals surface area contributed by atoms with Gasteiger partial charge in [0.05, 0.1) is 18.8 Å². The molecule has 2 atom stereocenters. The lowest BCUT2D eigenvalue weighted by Gasteiger charge is -2.19. The molecular formula is C47H77NO3. The number of aliphatic hydroxyl groups excluding tert-OH is 2. The second kappa shape index (κ2) is 41.5. The maximum atomic E-state index is 12.2. The molecule has 0 aromatic carbocycles. The molecule has 0 aromatic heterocycles. The van der Waals surface area contributed by atoms with E-state index in [-0.39, 0.29) is 12.5 Å². The second-order valence-electron chi connectivity index (χ2n) is 13.3. The van der Waals surface area contributed by atoms with Crippen LogP contribution in [0.15, 0.2) is 109 Å². The van der Waals surface area contributed by atoms with Gasteiger partial charge in [-0.05, 0) is 77.0 Å². The van der Waals surface area contributed by atoms with Crippen LogP contribution in [-0.4, -0.2) is 34.9 Å². The Kier molecular flexibility index (Phi) is 39.1. The van der Waals surface area contributed by atoms with E-state index in [1.165, 1.54) is 57.8 Å². The molecule has 1 amide bonds. The molecule has 4 nitrogen and oxygen atoms in total. The number of carbonyl (C=O) groups is 1. The van der Waals surface area contributed by atoms with E-state index in [4.69, 9.17) is 0 Å². The van der Waals surface area contributed by atoms with Crippen molar-refractivity contribution in [3.05, 3.63) is 109 Å². The van der Waals surface area contributed by atoms with Gasteiger partial charge in [-0.2, -0.15) is 0 Å². The van der Waals surface area contributed by atoms with Gasteiger partial charge in [-0.3, -0.25) is 4.79 Å². The van der Waals surface area contributed by atoms with Crippen molar-refractivity contribution in [2.24, 2.45) is 0 Å². The summed E-state index contributed by atoms with van der Waals surface area (Å²) < 4.78 is 0. The smallest absolute Gasteiger partial charge is 0.220 e. The van der Waals surface area contributed by atoms with Crippen molar-refractivity contribution in [1.29, 1.82) is 0 Å². The fraction of sp³-hybridized carbons (Fsp3) is 0.596. The van der Waals surface area contributed by atoms with Crippen molar-refractivity contribution in [2.45, 2.75) is 174 Å². The maximum Gasteiger partial charge on any atom is 0.220 e. The number of nitrogens with one attached hydrogen (secondary N) is 1. The summed E-state index contributed by atoms with van der Waals surface area (Å²) in [5, 5.41) is 22.5. The second-order valence-corrected chi connectivity index (χ2v) is 13.3. The zero-order valence-corrected chi connectivity index (χ0v) is 32.8. The molecule has 0 spiro atoms. The fourth-order valence-corrected chi connectivity index (χ4v) is 5.35. The van der Waals surface area contributed by atoms with Crippen molar-refractivity contribution in [3.63, 3.8) is 0 Å². The first-order chi connectivity index (χ1) is 25.2. The molecule has 0 rings (SSSR count). The molecule has 0 aliphatic rings. The molecule has 0 bridgehead atoms. The molecule has 0 aliphatic carbocycles. The molecule has 0 heterocycles. The summed E-state index contributed by atoms with van der Waals surface area (Å²) in [5.74, 6) is -0.0850. The van der Waals surface area contributed by atoms with Crippen molar-refractivity contribution in [2.75, 3.05) is 6.61 Å². The van der Waals surface area contributed by atoms with E-state index < -0.39 is 12.1 Å². The highest BCUT2D eigenvalue weighted by Gasteiger charge is 2.17. The molecule has 0 saturated heterocycles. The Balaban J connectivity index is 3.56. The van der Waals surface area contributed by atoms with E-state index in [2.05, 4.69) is 116 Å². The summed E-state index contributed by atoms with van der Waals surface area (Å²) in [4.78, 5) is 12.2. The third-order valence-electron chi connectivity index (χ3n) is 8.51. The minimum Gasteiger partial charge on any atom is -0.394 e. The van der Waals surface area contributed by atoms with Crippen LogP contribution in [0.3, 0.4) is 0 Å². The predicted octanol–water partition coefficient (Wildman–Crippen LogP) is 12.8. The Hall–Kier alpha value is -2.95. The van der Waals surface area contributed by atoms with Gasteiger partial charge in [-0.1, -0.05) is 187 Å². The minimum absolute atomic E-state index is 0.0850. The van der Waals surface area contributed by atoms with Crippen LogP contribution in [-0.2, 0) is 4.79 Å². The van der Waals surface area contributed by atoms with Crippen LogP contribution in [0.25, 0.3) is 0 Å². The van der Waals surface area contributed by atoms with Crippen LogP contribution in [0.5, 0.6) is 0 Å². The first-order valence-corrected chi connectivity index (χ1v) is 20.6. The summed E-state index contributed by atoms with van der Waals surface area (Å²) in [6.07, 6.45) is 63.8. The van der Waals surface area contributed by atoms with Crippen LogP contribution in [0.2, 0.25) is 0 Å². The van der Waals surface area contributed by atoms with Crippen LogP contribution < -0.4 is 5.32 Å². The van der Waals surface area contributed by atoms with E-state index in [9.17, 15) is 15.0 Å². The predicted molar refractivity (Wildman–Crippen MR) is 225 cm³/mol. The first-order valence-electron chi connectivity index (χ1n) is 20.6. The Morgan fingerprint density at radius 3 is 1.27 bits per heavy atom. The molecule has 0 aromatic rings. The summed E-state index contributed by atoms with van der Waals surface area (Å²) in [5.41, 5.74) is 0. The van der Waals surface area contributed by atoms with Crippen molar-refractivity contribution >= 4 is 5.91 Å². The molecule has 4 heteroatoms. The van der Waals surface area contributed by atoms with E-state index in [0.717, 1.165) is 83.5 Å². The normalized spacial score (nSPS) is 14.2. The molecule has 3 N–H and O–H groups in total. The van der Waals surface area contributed by atoms with Gasteiger partial charge in [0.2, 0.25) is 5.91 Å². The van der Waals surface area contributed by atoms with Gasteiger partial charge in [-0.25, -0.2) is 0 Å². The number of amides is 1. The quantitative estimate of drug-likeness (QED) is 0.0454. The van der Waals surface area contributed by atoms with Crippen LogP contribution in [0.4, 0.5) is 0 Å². The molecular weight excluding hydrogens is 627 g/mol. The highest BCUT2D eigenvalue weighted by molar-refractivity contribution is 5.76. The third kappa shape index (κ3) is 38.1. The SMILES string of the molecule is CC/C=C\C/C=C\C/C=C\C/C=C\C/C=C\C/C=C\C/C=C\C/C=C\CCCCCCCCCCCCC(=O)NC(CO)C(O)/C=C/CCCC. The fourth-order valence-electron chi connectivity index (χ4n) is 5.35. The first kappa shape index (κ1) is 48.0. The number of hydrogen-bond acceptors (Lipinski definition) is 3. The van der Waals surface area contributed by atoms with E-state index in [1.54, 1.807) is 6.08 Å². The monoisotopic (exact) mass is 704 g/mol. The zero-order valence-electron chi connectivity index (χ0n) is 32.8. The Labute approximate surface area is 315 Å². The molecule has 0 aliphatic heterocycles. The number of allylic oxidation sites excluding steroid dienone is 17.